The lowest BCUT2D eigenvalue weighted by atomic mass is 10.1. The molecule has 6 nitrogen and oxygen atoms in total. The van der Waals surface area contributed by atoms with Crippen LogP contribution < -0.4 is 5.32 Å². The average Bonchev–Trinajstić information content (AvgIpc) is 3.09. The van der Waals surface area contributed by atoms with Crippen molar-refractivity contribution in [2.75, 3.05) is 11.1 Å². The standard InChI is InChI=1S/C20H19ClN2O4S/c1-13-3-4-15(18-11-14(2)23-27-18)12-19(13)28(25,26)10-9-20(24)22-17-7-5-16(21)6-8-17/h3-8,11-12H,9-10H2,1-2H3,(H,22,24). The van der Waals surface area contributed by atoms with Gasteiger partial charge in [0.2, 0.25) is 5.91 Å². The fraction of sp³-hybridized carbons (Fsp3) is 0.200. The third-order valence-corrected chi connectivity index (χ3v) is 6.27. The topological polar surface area (TPSA) is 89.3 Å². The summed E-state index contributed by atoms with van der Waals surface area (Å²) in [6.45, 7) is 3.51. The molecule has 1 amide bonds. The van der Waals surface area contributed by atoms with Crippen molar-refractivity contribution in [3.05, 3.63) is 64.8 Å². The molecule has 1 heterocycles. The van der Waals surface area contributed by atoms with Gasteiger partial charge in [0.1, 0.15) is 0 Å². The van der Waals surface area contributed by atoms with Crippen LogP contribution in [-0.2, 0) is 14.6 Å². The predicted octanol–water partition coefficient (Wildman–Crippen LogP) is 4.41. The number of rotatable bonds is 6. The van der Waals surface area contributed by atoms with Crippen molar-refractivity contribution in [3.63, 3.8) is 0 Å². The van der Waals surface area contributed by atoms with E-state index < -0.39 is 9.84 Å². The van der Waals surface area contributed by atoms with Crippen LogP contribution in [0.2, 0.25) is 5.02 Å². The van der Waals surface area contributed by atoms with E-state index in [9.17, 15) is 13.2 Å². The van der Waals surface area contributed by atoms with Crippen molar-refractivity contribution in [2.24, 2.45) is 0 Å². The maximum atomic E-state index is 12.8. The molecule has 0 aliphatic rings. The Kier molecular flexibility index (Phi) is 5.86. The van der Waals surface area contributed by atoms with Crippen LogP contribution >= 0.6 is 11.6 Å². The van der Waals surface area contributed by atoms with Crippen molar-refractivity contribution in [3.8, 4) is 11.3 Å². The van der Waals surface area contributed by atoms with Crippen LogP contribution in [0.25, 0.3) is 11.3 Å². The first-order chi connectivity index (χ1) is 13.2. The molecule has 2 aromatic carbocycles. The van der Waals surface area contributed by atoms with Gasteiger partial charge in [-0.25, -0.2) is 8.42 Å². The summed E-state index contributed by atoms with van der Waals surface area (Å²) in [4.78, 5) is 12.3. The molecule has 0 saturated carbocycles. The lowest BCUT2D eigenvalue weighted by Gasteiger charge is -2.10. The van der Waals surface area contributed by atoms with Crippen LogP contribution in [0.5, 0.6) is 0 Å². The Hall–Kier alpha value is -2.64. The number of amides is 1. The number of aryl methyl sites for hydroxylation is 2. The van der Waals surface area contributed by atoms with Crippen LogP contribution in [0.3, 0.4) is 0 Å². The molecule has 3 aromatic rings. The van der Waals surface area contributed by atoms with Crippen LogP contribution in [0, 0.1) is 13.8 Å². The monoisotopic (exact) mass is 418 g/mol. The molecule has 146 valence electrons. The van der Waals surface area contributed by atoms with E-state index in [0.717, 1.165) is 0 Å². The van der Waals surface area contributed by atoms with Crippen molar-refractivity contribution in [2.45, 2.75) is 25.2 Å². The van der Waals surface area contributed by atoms with E-state index in [4.69, 9.17) is 16.1 Å². The fourth-order valence-electron chi connectivity index (χ4n) is 2.68. The molecule has 0 fully saturated rings. The summed E-state index contributed by atoms with van der Waals surface area (Å²) < 4.78 is 30.8. The summed E-state index contributed by atoms with van der Waals surface area (Å²) in [5, 5.41) is 7.04. The number of nitrogens with zero attached hydrogens (tertiary/aromatic N) is 1. The second-order valence-corrected chi connectivity index (χ2v) is 8.95. The van der Waals surface area contributed by atoms with Crippen molar-refractivity contribution in [1.82, 2.24) is 5.16 Å². The van der Waals surface area contributed by atoms with Gasteiger partial charge in [-0.1, -0.05) is 28.9 Å². The van der Waals surface area contributed by atoms with Gasteiger partial charge >= 0.3 is 0 Å². The van der Waals surface area contributed by atoms with Crippen LogP contribution in [0.1, 0.15) is 17.7 Å². The van der Waals surface area contributed by atoms with E-state index in [-0.39, 0.29) is 23.0 Å². The van der Waals surface area contributed by atoms with Gasteiger partial charge < -0.3 is 9.84 Å². The van der Waals surface area contributed by atoms with Crippen molar-refractivity contribution in [1.29, 1.82) is 0 Å². The molecule has 0 saturated heterocycles. The Labute approximate surface area is 168 Å². The number of hydrogen-bond donors (Lipinski definition) is 1. The maximum absolute atomic E-state index is 12.8. The predicted molar refractivity (Wildman–Crippen MR) is 108 cm³/mol. The van der Waals surface area contributed by atoms with E-state index in [1.54, 1.807) is 62.4 Å². The molecule has 1 N–H and O–H groups in total. The molecule has 0 radical (unpaired) electrons. The summed E-state index contributed by atoms with van der Waals surface area (Å²) in [6, 6.07) is 13.4. The average molecular weight is 419 g/mol. The summed E-state index contributed by atoms with van der Waals surface area (Å²) in [6.07, 6.45) is -0.157. The Morgan fingerprint density at radius 2 is 1.82 bits per heavy atom. The highest BCUT2D eigenvalue weighted by atomic mass is 35.5. The number of anilines is 1. The molecule has 0 unspecified atom stereocenters. The molecule has 0 aliphatic carbocycles. The number of benzene rings is 2. The highest BCUT2D eigenvalue weighted by Crippen LogP contribution is 2.26. The number of nitrogens with one attached hydrogen (secondary N) is 1. The van der Waals surface area contributed by atoms with Crippen LogP contribution in [0.4, 0.5) is 5.69 Å². The third kappa shape index (κ3) is 4.79. The number of carbonyl (C=O) groups is 1. The third-order valence-electron chi connectivity index (χ3n) is 4.16. The summed E-state index contributed by atoms with van der Waals surface area (Å²) in [5.74, 6) is -0.188. The largest absolute Gasteiger partial charge is 0.356 e. The Morgan fingerprint density at radius 1 is 1.11 bits per heavy atom. The zero-order valence-corrected chi connectivity index (χ0v) is 17.0. The summed E-state index contributed by atoms with van der Waals surface area (Å²) >= 11 is 5.81. The van der Waals surface area contributed by atoms with Crippen molar-refractivity contribution < 1.29 is 17.7 Å². The molecule has 8 heteroatoms. The van der Waals surface area contributed by atoms with Gasteiger partial charge in [0, 0.05) is 28.8 Å². The van der Waals surface area contributed by atoms with Crippen molar-refractivity contribution >= 4 is 33.0 Å². The highest BCUT2D eigenvalue weighted by molar-refractivity contribution is 7.91. The van der Waals surface area contributed by atoms with E-state index in [2.05, 4.69) is 10.5 Å². The number of halogens is 1. The highest BCUT2D eigenvalue weighted by Gasteiger charge is 2.20. The number of hydrogen-bond acceptors (Lipinski definition) is 5. The molecule has 3 rings (SSSR count). The molecule has 0 spiro atoms. The number of aromatic nitrogens is 1. The maximum Gasteiger partial charge on any atom is 0.225 e. The quantitative estimate of drug-likeness (QED) is 0.640. The van der Waals surface area contributed by atoms with E-state index in [1.165, 1.54) is 0 Å². The fourth-order valence-corrected chi connectivity index (χ4v) is 4.35. The Bertz CT molecular complexity index is 1110. The molecular weight excluding hydrogens is 400 g/mol. The number of sulfone groups is 1. The van der Waals surface area contributed by atoms with Gasteiger partial charge in [-0.15, -0.1) is 0 Å². The zero-order valence-electron chi connectivity index (χ0n) is 15.4. The SMILES string of the molecule is Cc1cc(-c2ccc(C)c(S(=O)(=O)CCC(=O)Nc3ccc(Cl)cc3)c2)on1. The van der Waals surface area contributed by atoms with Crippen LogP contribution in [-0.4, -0.2) is 25.2 Å². The molecule has 28 heavy (non-hydrogen) atoms. The van der Waals surface area contributed by atoms with Gasteiger partial charge in [-0.05, 0) is 49.7 Å². The normalized spacial score (nSPS) is 11.4. The first kappa shape index (κ1) is 20.1. The zero-order chi connectivity index (χ0) is 20.3. The molecule has 0 aliphatic heterocycles. The first-order valence-electron chi connectivity index (χ1n) is 8.57. The summed E-state index contributed by atoms with van der Waals surface area (Å²) in [5.41, 5.74) is 2.50. The molecular formula is C20H19ClN2O4S. The lowest BCUT2D eigenvalue weighted by Crippen LogP contribution is -2.18. The second-order valence-electron chi connectivity index (χ2n) is 6.44. The second kappa shape index (κ2) is 8.16. The molecule has 0 atom stereocenters. The minimum Gasteiger partial charge on any atom is -0.356 e. The van der Waals surface area contributed by atoms with Gasteiger partial charge in [0.15, 0.2) is 15.6 Å². The molecule has 0 bridgehead atoms. The van der Waals surface area contributed by atoms with Gasteiger partial charge in [0.25, 0.3) is 0 Å². The van der Waals surface area contributed by atoms with Crippen LogP contribution in [0.15, 0.2) is 57.9 Å². The van der Waals surface area contributed by atoms with E-state index >= 15 is 0 Å². The summed E-state index contributed by atoms with van der Waals surface area (Å²) in [7, 11) is -3.65. The van der Waals surface area contributed by atoms with Gasteiger partial charge in [-0.2, -0.15) is 0 Å². The minimum absolute atomic E-state index is 0.157. The minimum atomic E-state index is -3.65. The van der Waals surface area contributed by atoms with Gasteiger partial charge in [-0.3, -0.25) is 4.79 Å². The smallest absolute Gasteiger partial charge is 0.225 e. The first-order valence-corrected chi connectivity index (χ1v) is 10.6. The van der Waals surface area contributed by atoms with Gasteiger partial charge in [0.05, 0.1) is 16.3 Å². The Balaban J connectivity index is 1.73. The number of carbonyl (C=O) groups excluding carboxylic acids is 1. The molecule has 1 aromatic heterocycles. The lowest BCUT2D eigenvalue weighted by molar-refractivity contribution is -0.115. The van der Waals surface area contributed by atoms with E-state index in [0.29, 0.717) is 33.3 Å². The van der Waals surface area contributed by atoms with E-state index in [1.807, 2.05) is 0 Å². The Morgan fingerprint density at radius 3 is 2.46 bits per heavy atom.